The Kier molecular flexibility index (Phi) is 3.14. The van der Waals surface area contributed by atoms with E-state index in [0.717, 1.165) is 6.61 Å². The first kappa shape index (κ1) is 12.7. The Morgan fingerprint density at radius 1 is 1.16 bits per heavy atom. The minimum Gasteiger partial charge on any atom is -0.508 e. The van der Waals surface area contributed by atoms with Gasteiger partial charge in [-0.15, -0.1) is 0 Å². The molecule has 1 aromatic carbocycles. The van der Waals surface area contributed by atoms with Crippen LogP contribution in [0.3, 0.4) is 0 Å². The molecule has 5 atom stereocenters. The summed E-state index contributed by atoms with van der Waals surface area (Å²) in [6, 6.07) is 7.47. The largest absolute Gasteiger partial charge is 0.508 e. The van der Waals surface area contributed by atoms with Gasteiger partial charge >= 0.3 is 0 Å². The van der Waals surface area contributed by atoms with Gasteiger partial charge in [0.1, 0.15) is 5.75 Å². The normalized spacial score (nSPS) is 37.8. The highest BCUT2D eigenvalue weighted by Gasteiger charge is 2.43. The molecule has 2 nitrogen and oxygen atoms in total. The highest BCUT2D eigenvalue weighted by molar-refractivity contribution is 5.30. The van der Waals surface area contributed by atoms with Crippen molar-refractivity contribution in [3.63, 3.8) is 0 Å². The molecule has 1 aromatic rings. The second kappa shape index (κ2) is 4.68. The predicted octanol–water partition coefficient (Wildman–Crippen LogP) is 3.93. The van der Waals surface area contributed by atoms with Crippen LogP contribution in [-0.4, -0.2) is 11.7 Å². The molecule has 2 heteroatoms. The molecule has 0 spiro atoms. The standard InChI is InChI=1S/C17H22O2/c1-10-8-11(2)16-12(3)15(10)9-19-17(16)13-4-6-14(18)7-5-13/h4-8,10,12,15-18H,9H2,1-3H3/t10-,12+,15+,16-,17+/m1/s1. The molecule has 1 fully saturated rings. The van der Waals surface area contributed by atoms with Gasteiger partial charge in [0.2, 0.25) is 0 Å². The average Bonchev–Trinajstić information content (AvgIpc) is 2.37. The van der Waals surface area contributed by atoms with Crippen LogP contribution in [0.5, 0.6) is 5.75 Å². The number of fused-ring (bicyclic) bond motifs is 2. The summed E-state index contributed by atoms with van der Waals surface area (Å²) in [5, 5.41) is 9.42. The third-order valence-corrected chi connectivity index (χ3v) is 4.98. The van der Waals surface area contributed by atoms with E-state index in [1.165, 1.54) is 11.1 Å². The van der Waals surface area contributed by atoms with Gasteiger partial charge in [0.15, 0.2) is 0 Å². The summed E-state index contributed by atoms with van der Waals surface area (Å²) in [6.07, 6.45) is 2.56. The Labute approximate surface area is 115 Å². The number of phenolic OH excluding ortho intramolecular Hbond substituents is 1. The third-order valence-electron chi connectivity index (χ3n) is 4.98. The van der Waals surface area contributed by atoms with Gasteiger partial charge in [-0.05, 0) is 42.4 Å². The molecule has 0 amide bonds. The van der Waals surface area contributed by atoms with Crippen molar-refractivity contribution in [1.82, 2.24) is 0 Å². The second-order valence-corrected chi connectivity index (χ2v) is 6.16. The summed E-state index contributed by atoms with van der Waals surface area (Å²) in [6.45, 7) is 7.73. The van der Waals surface area contributed by atoms with Crippen molar-refractivity contribution in [3.05, 3.63) is 41.5 Å². The lowest BCUT2D eigenvalue weighted by molar-refractivity contribution is -0.0934. The van der Waals surface area contributed by atoms with Crippen molar-refractivity contribution in [2.75, 3.05) is 6.61 Å². The van der Waals surface area contributed by atoms with Crippen molar-refractivity contribution in [2.24, 2.45) is 23.7 Å². The summed E-state index contributed by atoms with van der Waals surface area (Å²) >= 11 is 0. The fraction of sp³-hybridized carbons (Fsp3) is 0.529. The maximum absolute atomic E-state index is 9.42. The van der Waals surface area contributed by atoms with Gasteiger partial charge in [-0.1, -0.05) is 37.6 Å². The third kappa shape index (κ3) is 2.08. The minimum absolute atomic E-state index is 0.135. The van der Waals surface area contributed by atoms with Crippen LogP contribution in [0.15, 0.2) is 35.9 Å². The molecule has 0 saturated carbocycles. The lowest BCUT2D eigenvalue weighted by Gasteiger charge is -2.47. The molecule has 19 heavy (non-hydrogen) atoms. The fourth-order valence-corrected chi connectivity index (χ4v) is 3.91. The van der Waals surface area contributed by atoms with E-state index in [4.69, 9.17) is 4.74 Å². The van der Waals surface area contributed by atoms with Gasteiger partial charge in [-0.3, -0.25) is 0 Å². The molecule has 1 aliphatic carbocycles. The quantitative estimate of drug-likeness (QED) is 0.773. The molecule has 0 aromatic heterocycles. The summed E-state index contributed by atoms with van der Waals surface area (Å²) in [5.41, 5.74) is 2.63. The van der Waals surface area contributed by atoms with Crippen molar-refractivity contribution in [1.29, 1.82) is 0 Å². The zero-order chi connectivity index (χ0) is 13.6. The van der Waals surface area contributed by atoms with E-state index < -0.39 is 0 Å². The van der Waals surface area contributed by atoms with E-state index in [1.54, 1.807) is 12.1 Å². The summed E-state index contributed by atoms with van der Waals surface area (Å²) in [4.78, 5) is 0. The number of hydrogen-bond donors (Lipinski definition) is 1. The van der Waals surface area contributed by atoms with Crippen LogP contribution in [0.2, 0.25) is 0 Å². The number of phenols is 1. The molecule has 1 aliphatic heterocycles. The van der Waals surface area contributed by atoms with E-state index in [1.807, 2.05) is 12.1 Å². The first-order chi connectivity index (χ1) is 9.08. The molecule has 2 aliphatic rings. The summed E-state index contributed by atoms with van der Waals surface area (Å²) in [7, 11) is 0. The summed E-state index contributed by atoms with van der Waals surface area (Å²) in [5.74, 6) is 2.70. The molecule has 1 heterocycles. The number of hydrogen-bond acceptors (Lipinski definition) is 2. The molecule has 1 N–H and O–H groups in total. The number of rotatable bonds is 1. The smallest absolute Gasteiger partial charge is 0.115 e. The Morgan fingerprint density at radius 2 is 1.84 bits per heavy atom. The maximum atomic E-state index is 9.42. The Morgan fingerprint density at radius 3 is 2.53 bits per heavy atom. The highest BCUT2D eigenvalue weighted by Crippen LogP contribution is 2.49. The first-order valence-corrected chi connectivity index (χ1v) is 7.16. The lowest BCUT2D eigenvalue weighted by Crippen LogP contribution is -2.42. The maximum Gasteiger partial charge on any atom is 0.115 e. The van der Waals surface area contributed by atoms with E-state index in [9.17, 15) is 5.11 Å². The van der Waals surface area contributed by atoms with Crippen molar-refractivity contribution < 1.29 is 9.84 Å². The second-order valence-electron chi connectivity index (χ2n) is 6.16. The van der Waals surface area contributed by atoms with Crippen LogP contribution in [0.4, 0.5) is 0 Å². The predicted molar refractivity (Wildman–Crippen MR) is 75.9 cm³/mol. The van der Waals surface area contributed by atoms with Crippen LogP contribution in [-0.2, 0) is 4.74 Å². The van der Waals surface area contributed by atoms with Crippen LogP contribution in [0.25, 0.3) is 0 Å². The van der Waals surface area contributed by atoms with Gasteiger partial charge in [0, 0.05) is 5.92 Å². The Hall–Kier alpha value is -1.28. The molecule has 102 valence electrons. The Bertz CT molecular complexity index is 488. The van der Waals surface area contributed by atoms with Crippen LogP contribution >= 0.6 is 0 Å². The van der Waals surface area contributed by atoms with Crippen molar-refractivity contribution in [2.45, 2.75) is 26.9 Å². The minimum atomic E-state index is 0.135. The SMILES string of the molecule is CC1=C[C@@H](C)[C@@H]2CO[C@@H](c3ccc(O)cc3)[C@H]1[C@H]2C. The van der Waals surface area contributed by atoms with E-state index in [-0.39, 0.29) is 6.10 Å². The molecule has 0 radical (unpaired) electrons. The highest BCUT2D eigenvalue weighted by atomic mass is 16.5. The van der Waals surface area contributed by atoms with E-state index >= 15 is 0 Å². The van der Waals surface area contributed by atoms with Gasteiger partial charge in [-0.2, -0.15) is 0 Å². The Balaban J connectivity index is 1.96. The van der Waals surface area contributed by atoms with Gasteiger partial charge in [-0.25, -0.2) is 0 Å². The zero-order valence-electron chi connectivity index (χ0n) is 11.8. The van der Waals surface area contributed by atoms with E-state index in [0.29, 0.717) is 29.4 Å². The number of allylic oxidation sites excluding steroid dienone is 1. The van der Waals surface area contributed by atoms with Gasteiger partial charge in [0.05, 0.1) is 12.7 Å². The van der Waals surface area contributed by atoms with Crippen LogP contribution in [0, 0.1) is 23.7 Å². The monoisotopic (exact) mass is 258 g/mol. The number of ether oxygens (including phenoxy) is 1. The number of benzene rings is 1. The molecule has 2 bridgehead atoms. The van der Waals surface area contributed by atoms with Crippen LogP contribution in [0.1, 0.15) is 32.4 Å². The first-order valence-electron chi connectivity index (χ1n) is 7.16. The topological polar surface area (TPSA) is 29.5 Å². The molecule has 0 unspecified atom stereocenters. The summed E-state index contributed by atoms with van der Waals surface area (Å²) < 4.78 is 6.16. The molecular weight excluding hydrogens is 236 g/mol. The fourth-order valence-electron chi connectivity index (χ4n) is 3.91. The van der Waals surface area contributed by atoms with E-state index in [2.05, 4.69) is 26.8 Å². The van der Waals surface area contributed by atoms with Crippen LogP contribution < -0.4 is 0 Å². The lowest BCUT2D eigenvalue weighted by atomic mass is 9.64. The molecule has 1 saturated heterocycles. The van der Waals surface area contributed by atoms with Crippen molar-refractivity contribution in [3.8, 4) is 5.75 Å². The van der Waals surface area contributed by atoms with Crippen molar-refractivity contribution >= 4 is 0 Å². The average molecular weight is 258 g/mol. The molecular formula is C17H22O2. The number of aromatic hydroxyl groups is 1. The molecule has 3 rings (SSSR count). The zero-order valence-corrected chi connectivity index (χ0v) is 11.8. The van der Waals surface area contributed by atoms with Gasteiger partial charge in [0.25, 0.3) is 0 Å². The van der Waals surface area contributed by atoms with Gasteiger partial charge < -0.3 is 9.84 Å².